The summed E-state index contributed by atoms with van der Waals surface area (Å²) < 4.78 is 0. The standard InChI is InChI=1S/C17H18N4S/c1-3-13(11-18-8-1)16-4-2-10-21(16)12-14-5-6-17(22-14)15-7-9-19-20-15/h1,3,5-9,11,16H,2,4,10,12H2,(H,19,20). The van der Waals surface area contributed by atoms with Crippen molar-refractivity contribution in [2.45, 2.75) is 25.4 Å². The van der Waals surface area contributed by atoms with Gasteiger partial charge in [-0.2, -0.15) is 5.10 Å². The lowest BCUT2D eigenvalue weighted by atomic mass is 10.1. The third kappa shape index (κ3) is 2.69. The average Bonchev–Trinajstić information content (AvgIpc) is 3.30. The molecule has 0 saturated carbocycles. The van der Waals surface area contributed by atoms with Gasteiger partial charge in [-0.3, -0.25) is 15.0 Å². The monoisotopic (exact) mass is 310 g/mol. The van der Waals surface area contributed by atoms with Crippen LogP contribution in [0.5, 0.6) is 0 Å². The topological polar surface area (TPSA) is 44.8 Å². The summed E-state index contributed by atoms with van der Waals surface area (Å²) in [6, 6.07) is 11.2. The van der Waals surface area contributed by atoms with Gasteiger partial charge in [-0.15, -0.1) is 11.3 Å². The number of nitrogens with zero attached hydrogens (tertiary/aromatic N) is 3. The molecule has 0 amide bonds. The predicted molar refractivity (Wildman–Crippen MR) is 88.5 cm³/mol. The molecule has 0 bridgehead atoms. The van der Waals surface area contributed by atoms with Gasteiger partial charge >= 0.3 is 0 Å². The second-order valence-electron chi connectivity index (χ2n) is 5.65. The molecule has 112 valence electrons. The Kier molecular flexibility index (Phi) is 3.74. The number of pyridine rings is 1. The van der Waals surface area contributed by atoms with Crippen LogP contribution in [-0.4, -0.2) is 26.6 Å². The molecular formula is C17H18N4S. The van der Waals surface area contributed by atoms with Gasteiger partial charge in [-0.1, -0.05) is 6.07 Å². The van der Waals surface area contributed by atoms with Crippen LogP contribution in [0.15, 0.2) is 48.9 Å². The number of nitrogens with one attached hydrogen (secondary N) is 1. The zero-order chi connectivity index (χ0) is 14.8. The lowest BCUT2D eigenvalue weighted by Gasteiger charge is -2.23. The van der Waals surface area contributed by atoms with Crippen molar-refractivity contribution in [3.05, 3.63) is 59.4 Å². The summed E-state index contributed by atoms with van der Waals surface area (Å²) in [5, 5.41) is 7.06. The fraction of sp³-hybridized carbons (Fsp3) is 0.294. The van der Waals surface area contributed by atoms with Crippen LogP contribution in [0.1, 0.15) is 29.3 Å². The van der Waals surface area contributed by atoms with Gasteiger partial charge in [0.1, 0.15) is 0 Å². The number of hydrogen-bond donors (Lipinski definition) is 1. The maximum Gasteiger partial charge on any atom is 0.0749 e. The second-order valence-corrected chi connectivity index (χ2v) is 6.82. The first kappa shape index (κ1) is 13.7. The van der Waals surface area contributed by atoms with E-state index >= 15 is 0 Å². The van der Waals surface area contributed by atoms with E-state index < -0.39 is 0 Å². The summed E-state index contributed by atoms with van der Waals surface area (Å²) in [5.74, 6) is 0. The maximum atomic E-state index is 4.27. The Morgan fingerprint density at radius 1 is 1.23 bits per heavy atom. The fourth-order valence-corrected chi connectivity index (χ4v) is 4.18. The highest BCUT2D eigenvalue weighted by molar-refractivity contribution is 7.15. The van der Waals surface area contributed by atoms with Gasteiger partial charge in [-0.25, -0.2) is 0 Å². The van der Waals surface area contributed by atoms with E-state index in [1.54, 1.807) is 6.20 Å². The molecule has 1 N–H and O–H groups in total. The smallest absolute Gasteiger partial charge is 0.0749 e. The van der Waals surface area contributed by atoms with Gasteiger partial charge in [0.05, 0.1) is 10.6 Å². The second kappa shape index (κ2) is 6.02. The minimum atomic E-state index is 0.506. The van der Waals surface area contributed by atoms with Gasteiger partial charge in [0, 0.05) is 36.1 Å². The minimum Gasteiger partial charge on any atom is -0.291 e. The van der Waals surface area contributed by atoms with Crippen LogP contribution in [0, 0.1) is 0 Å². The van der Waals surface area contributed by atoms with Crippen LogP contribution in [0.2, 0.25) is 0 Å². The molecule has 0 radical (unpaired) electrons. The number of thiophene rings is 1. The normalized spacial score (nSPS) is 18.8. The predicted octanol–water partition coefficient (Wildman–Crippen LogP) is 3.87. The Balaban J connectivity index is 1.51. The Hall–Kier alpha value is -1.98. The maximum absolute atomic E-state index is 4.27. The average molecular weight is 310 g/mol. The van der Waals surface area contributed by atoms with Crippen molar-refractivity contribution < 1.29 is 0 Å². The third-order valence-corrected chi connectivity index (χ3v) is 5.32. The van der Waals surface area contributed by atoms with E-state index in [0.717, 1.165) is 18.8 Å². The van der Waals surface area contributed by atoms with Crippen molar-refractivity contribution in [2.75, 3.05) is 6.54 Å². The van der Waals surface area contributed by atoms with E-state index in [0.29, 0.717) is 6.04 Å². The molecule has 0 aliphatic carbocycles. The van der Waals surface area contributed by atoms with Crippen molar-refractivity contribution in [3.63, 3.8) is 0 Å². The van der Waals surface area contributed by atoms with Crippen LogP contribution in [0.25, 0.3) is 10.6 Å². The molecule has 1 atom stereocenters. The molecule has 22 heavy (non-hydrogen) atoms. The van der Waals surface area contributed by atoms with Crippen LogP contribution < -0.4 is 0 Å². The quantitative estimate of drug-likeness (QED) is 0.795. The first-order valence-electron chi connectivity index (χ1n) is 7.62. The first-order chi connectivity index (χ1) is 10.9. The van der Waals surface area contributed by atoms with Gasteiger partial charge in [0.25, 0.3) is 0 Å². The molecular weight excluding hydrogens is 292 g/mol. The molecule has 3 aromatic heterocycles. The Morgan fingerprint density at radius 3 is 3.05 bits per heavy atom. The van der Waals surface area contributed by atoms with E-state index in [1.165, 1.54) is 28.2 Å². The molecule has 4 nitrogen and oxygen atoms in total. The van der Waals surface area contributed by atoms with E-state index in [9.17, 15) is 0 Å². The largest absolute Gasteiger partial charge is 0.291 e. The Labute approximate surface area is 133 Å². The van der Waals surface area contributed by atoms with E-state index in [1.807, 2.05) is 35.9 Å². The fourth-order valence-electron chi connectivity index (χ4n) is 3.17. The summed E-state index contributed by atoms with van der Waals surface area (Å²) in [6.07, 6.45) is 8.14. The van der Waals surface area contributed by atoms with Crippen molar-refractivity contribution in [2.24, 2.45) is 0 Å². The van der Waals surface area contributed by atoms with Crippen molar-refractivity contribution in [1.82, 2.24) is 20.1 Å². The van der Waals surface area contributed by atoms with Crippen LogP contribution in [0.3, 0.4) is 0 Å². The summed E-state index contributed by atoms with van der Waals surface area (Å²) >= 11 is 1.85. The zero-order valence-corrected chi connectivity index (χ0v) is 13.1. The molecule has 1 unspecified atom stereocenters. The highest BCUT2D eigenvalue weighted by Crippen LogP contribution is 2.35. The summed E-state index contributed by atoms with van der Waals surface area (Å²) in [7, 11) is 0. The molecule has 4 rings (SSSR count). The van der Waals surface area contributed by atoms with Gasteiger partial charge in [0.2, 0.25) is 0 Å². The first-order valence-corrected chi connectivity index (χ1v) is 8.44. The Bertz CT molecular complexity index is 720. The molecule has 5 heteroatoms. The van der Waals surface area contributed by atoms with Gasteiger partial charge in [0.15, 0.2) is 0 Å². The van der Waals surface area contributed by atoms with Gasteiger partial charge < -0.3 is 0 Å². The molecule has 3 aromatic rings. The number of likely N-dealkylation sites (tertiary alicyclic amines) is 1. The number of hydrogen-bond acceptors (Lipinski definition) is 4. The van der Waals surface area contributed by atoms with Crippen molar-refractivity contribution in [1.29, 1.82) is 0 Å². The molecule has 1 aliphatic rings. The van der Waals surface area contributed by atoms with Gasteiger partial charge in [-0.05, 0) is 49.2 Å². The minimum absolute atomic E-state index is 0.506. The number of rotatable bonds is 4. The number of aromatic nitrogens is 3. The van der Waals surface area contributed by atoms with Crippen molar-refractivity contribution >= 4 is 11.3 Å². The SMILES string of the molecule is c1cncc(C2CCCN2Cc2ccc(-c3ccn[nH]3)s2)c1. The zero-order valence-electron chi connectivity index (χ0n) is 12.3. The van der Waals surface area contributed by atoms with Crippen LogP contribution >= 0.6 is 11.3 Å². The molecule has 1 saturated heterocycles. The molecule has 0 aromatic carbocycles. The van der Waals surface area contributed by atoms with E-state index in [2.05, 4.69) is 38.3 Å². The molecule has 4 heterocycles. The summed E-state index contributed by atoms with van der Waals surface area (Å²) in [5.41, 5.74) is 2.44. The van der Waals surface area contributed by atoms with E-state index in [-0.39, 0.29) is 0 Å². The third-order valence-electron chi connectivity index (χ3n) is 4.22. The summed E-state index contributed by atoms with van der Waals surface area (Å²) in [6.45, 7) is 2.18. The highest BCUT2D eigenvalue weighted by atomic mass is 32.1. The molecule has 1 aliphatic heterocycles. The van der Waals surface area contributed by atoms with Crippen LogP contribution in [0.4, 0.5) is 0 Å². The highest BCUT2D eigenvalue weighted by Gasteiger charge is 2.26. The van der Waals surface area contributed by atoms with Crippen LogP contribution in [-0.2, 0) is 6.54 Å². The number of H-pyrrole nitrogens is 1. The molecule has 1 fully saturated rings. The summed E-state index contributed by atoms with van der Waals surface area (Å²) in [4.78, 5) is 9.50. The lowest BCUT2D eigenvalue weighted by molar-refractivity contribution is 0.250. The molecule has 0 spiro atoms. The van der Waals surface area contributed by atoms with E-state index in [4.69, 9.17) is 0 Å². The Morgan fingerprint density at radius 2 is 2.23 bits per heavy atom. The lowest BCUT2D eigenvalue weighted by Crippen LogP contribution is -2.22. The number of aromatic amines is 1. The van der Waals surface area contributed by atoms with Crippen molar-refractivity contribution in [3.8, 4) is 10.6 Å².